The van der Waals surface area contributed by atoms with Crippen LogP contribution in [0, 0.1) is 0 Å². The Kier molecular flexibility index (Phi) is 5.03. The summed E-state index contributed by atoms with van der Waals surface area (Å²) >= 11 is 6.43. The summed E-state index contributed by atoms with van der Waals surface area (Å²) < 4.78 is 10.8. The van der Waals surface area contributed by atoms with Crippen molar-refractivity contribution >= 4 is 11.6 Å². The van der Waals surface area contributed by atoms with Gasteiger partial charge in [-0.15, -0.1) is 0 Å². The van der Waals surface area contributed by atoms with Crippen molar-refractivity contribution in [2.24, 2.45) is 0 Å². The van der Waals surface area contributed by atoms with Crippen molar-refractivity contribution in [2.75, 3.05) is 6.79 Å². The molecule has 122 valence electrons. The molecule has 2 aromatic rings. The molecule has 1 atom stereocenters. The van der Waals surface area contributed by atoms with Crippen LogP contribution in [0.25, 0.3) is 0 Å². The van der Waals surface area contributed by atoms with Crippen LogP contribution in [0.3, 0.4) is 0 Å². The first-order valence-electron chi connectivity index (χ1n) is 7.88. The molecule has 5 heteroatoms. The zero-order valence-electron chi connectivity index (χ0n) is 13.5. The van der Waals surface area contributed by atoms with E-state index in [0.29, 0.717) is 11.1 Å². The predicted octanol–water partition coefficient (Wildman–Crippen LogP) is 4.26. The number of fused-ring (bicyclic) bond motifs is 1. The van der Waals surface area contributed by atoms with Crippen molar-refractivity contribution in [1.29, 1.82) is 0 Å². The summed E-state index contributed by atoms with van der Waals surface area (Å²) in [5.41, 5.74) is 2.25. The molecule has 0 bridgehead atoms. The van der Waals surface area contributed by atoms with Crippen molar-refractivity contribution in [3.05, 3.63) is 52.8 Å². The Balaban J connectivity index is 1.81. The van der Waals surface area contributed by atoms with Gasteiger partial charge < -0.3 is 9.47 Å². The first kappa shape index (κ1) is 16.1. The van der Waals surface area contributed by atoms with Crippen LogP contribution in [0.5, 0.6) is 11.5 Å². The molecule has 1 aliphatic heterocycles. The van der Waals surface area contributed by atoms with Gasteiger partial charge >= 0.3 is 0 Å². The van der Waals surface area contributed by atoms with Crippen molar-refractivity contribution in [3.63, 3.8) is 0 Å². The Morgan fingerprint density at radius 3 is 2.74 bits per heavy atom. The van der Waals surface area contributed by atoms with Gasteiger partial charge in [0.25, 0.3) is 0 Å². The second kappa shape index (κ2) is 7.20. The summed E-state index contributed by atoms with van der Waals surface area (Å²) in [5.74, 6) is 1.50. The third-order valence-electron chi connectivity index (χ3n) is 4.24. The smallest absolute Gasteiger partial charge is 0.231 e. The van der Waals surface area contributed by atoms with Gasteiger partial charge in [0.1, 0.15) is 0 Å². The normalized spacial score (nSPS) is 14.3. The van der Waals surface area contributed by atoms with Gasteiger partial charge in [-0.1, -0.05) is 24.6 Å². The van der Waals surface area contributed by atoms with Crippen molar-refractivity contribution in [3.8, 4) is 11.5 Å². The van der Waals surface area contributed by atoms with Crippen molar-refractivity contribution < 1.29 is 9.47 Å². The average Bonchev–Trinajstić information content (AvgIpc) is 3.01. The fourth-order valence-corrected chi connectivity index (χ4v) is 2.86. The van der Waals surface area contributed by atoms with Crippen LogP contribution in [0.4, 0.5) is 0 Å². The Morgan fingerprint density at radius 2 is 2.04 bits per heavy atom. The van der Waals surface area contributed by atoms with Gasteiger partial charge in [-0.2, -0.15) is 0 Å². The largest absolute Gasteiger partial charge is 0.454 e. The zero-order chi connectivity index (χ0) is 16.2. The Morgan fingerprint density at radius 1 is 1.26 bits per heavy atom. The third kappa shape index (κ3) is 3.77. The number of rotatable bonds is 6. The molecule has 4 nitrogen and oxygen atoms in total. The zero-order valence-corrected chi connectivity index (χ0v) is 14.2. The number of halogens is 1. The number of nitrogens with zero attached hydrogens (tertiary/aromatic N) is 2. The van der Waals surface area contributed by atoms with Crippen LogP contribution >= 0.6 is 11.6 Å². The lowest BCUT2D eigenvalue weighted by Crippen LogP contribution is -2.31. The number of hydrogen-bond donors (Lipinski definition) is 0. The fraction of sp³-hybridized carbons (Fsp3) is 0.389. The van der Waals surface area contributed by atoms with Crippen LogP contribution in [-0.2, 0) is 13.1 Å². The molecule has 0 spiro atoms. The van der Waals surface area contributed by atoms with E-state index in [9.17, 15) is 0 Å². The number of hydrogen-bond acceptors (Lipinski definition) is 4. The summed E-state index contributed by atoms with van der Waals surface area (Å²) in [4.78, 5) is 6.61. The lowest BCUT2D eigenvalue weighted by molar-refractivity contribution is 0.173. The van der Waals surface area contributed by atoms with Crippen LogP contribution in [-0.4, -0.2) is 22.7 Å². The molecule has 0 fully saturated rings. The van der Waals surface area contributed by atoms with Gasteiger partial charge in [-0.05, 0) is 36.6 Å². The fourth-order valence-electron chi connectivity index (χ4n) is 2.65. The van der Waals surface area contributed by atoms with Gasteiger partial charge in [-0.3, -0.25) is 9.88 Å². The van der Waals surface area contributed by atoms with E-state index in [-0.39, 0.29) is 6.79 Å². The second-order valence-corrected chi connectivity index (χ2v) is 6.23. The van der Waals surface area contributed by atoms with Crippen LogP contribution in [0.1, 0.15) is 31.4 Å². The van der Waals surface area contributed by atoms with E-state index in [0.717, 1.165) is 36.6 Å². The van der Waals surface area contributed by atoms with E-state index in [1.54, 1.807) is 6.20 Å². The summed E-state index contributed by atoms with van der Waals surface area (Å²) in [7, 11) is 0. The first-order chi connectivity index (χ1) is 11.2. The lowest BCUT2D eigenvalue weighted by atomic mass is 10.1. The predicted molar refractivity (Wildman–Crippen MR) is 90.8 cm³/mol. The highest BCUT2D eigenvalue weighted by atomic mass is 35.5. The molecule has 3 rings (SSSR count). The minimum Gasteiger partial charge on any atom is -0.454 e. The highest BCUT2D eigenvalue weighted by molar-refractivity contribution is 6.31. The molecule has 1 aromatic heterocycles. The number of pyridine rings is 1. The Labute approximate surface area is 142 Å². The minimum atomic E-state index is 0.264. The molecule has 1 aromatic carbocycles. The number of aromatic nitrogens is 1. The molecule has 1 aliphatic rings. The van der Waals surface area contributed by atoms with Gasteiger partial charge in [0.15, 0.2) is 11.5 Å². The van der Waals surface area contributed by atoms with Crippen molar-refractivity contribution in [1.82, 2.24) is 9.88 Å². The summed E-state index contributed by atoms with van der Waals surface area (Å²) in [6, 6.07) is 8.35. The molecule has 0 aliphatic carbocycles. The maximum atomic E-state index is 6.43. The van der Waals surface area contributed by atoms with Crippen LogP contribution < -0.4 is 9.47 Å². The number of benzene rings is 1. The molecule has 23 heavy (non-hydrogen) atoms. The topological polar surface area (TPSA) is 34.6 Å². The maximum Gasteiger partial charge on any atom is 0.231 e. The third-order valence-corrected chi connectivity index (χ3v) is 4.59. The van der Waals surface area contributed by atoms with E-state index in [1.807, 2.05) is 24.4 Å². The standard InChI is InChI=1S/C18H21ClN2O2/c1-3-13(2)21(10-14-5-4-6-20-9-14)11-15-7-17-18(8-16(15)19)23-12-22-17/h4-9,13H,3,10-12H2,1-2H3. The van der Waals surface area contributed by atoms with Gasteiger partial charge in [0, 0.05) is 42.6 Å². The molecular formula is C18H21ClN2O2. The Bertz CT molecular complexity index is 664. The number of ether oxygens (including phenoxy) is 2. The van der Waals surface area contributed by atoms with Gasteiger partial charge in [0.2, 0.25) is 6.79 Å². The molecule has 0 radical (unpaired) electrons. The van der Waals surface area contributed by atoms with Gasteiger partial charge in [-0.25, -0.2) is 0 Å². The molecule has 0 saturated heterocycles. The second-order valence-electron chi connectivity index (χ2n) is 5.82. The molecule has 0 amide bonds. The SMILES string of the molecule is CCC(C)N(Cc1cccnc1)Cc1cc2c(cc1Cl)OCO2. The van der Waals surface area contributed by atoms with Crippen molar-refractivity contribution in [2.45, 2.75) is 39.4 Å². The highest BCUT2D eigenvalue weighted by Gasteiger charge is 2.20. The molecular weight excluding hydrogens is 312 g/mol. The molecule has 1 unspecified atom stereocenters. The quantitative estimate of drug-likeness (QED) is 0.791. The van der Waals surface area contributed by atoms with Crippen LogP contribution in [0.15, 0.2) is 36.7 Å². The highest BCUT2D eigenvalue weighted by Crippen LogP contribution is 2.37. The van der Waals surface area contributed by atoms with E-state index >= 15 is 0 Å². The molecule has 0 N–H and O–H groups in total. The average molecular weight is 333 g/mol. The first-order valence-corrected chi connectivity index (χ1v) is 8.26. The molecule has 2 heterocycles. The van der Waals surface area contributed by atoms with Crippen LogP contribution in [0.2, 0.25) is 5.02 Å². The minimum absolute atomic E-state index is 0.264. The molecule has 0 saturated carbocycles. The van der Waals surface area contributed by atoms with E-state index in [2.05, 4.69) is 29.8 Å². The summed E-state index contributed by atoms with van der Waals surface area (Å²) in [6.07, 6.45) is 4.78. The van der Waals surface area contributed by atoms with E-state index in [4.69, 9.17) is 21.1 Å². The Hall–Kier alpha value is -1.78. The summed E-state index contributed by atoms with van der Waals surface area (Å²) in [6.45, 7) is 6.30. The monoisotopic (exact) mass is 332 g/mol. The van der Waals surface area contributed by atoms with E-state index < -0.39 is 0 Å². The maximum absolute atomic E-state index is 6.43. The van der Waals surface area contributed by atoms with Gasteiger partial charge in [0.05, 0.1) is 0 Å². The lowest BCUT2D eigenvalue weighted by Gasteiger charge is -2.29. The summed E-state index contributed by atoms with van der Waals surface area (Å²) in [5, 5.41) is 0.716. The van der Waals surface area contributed by atoms with E-state index in [1.165, 1.54) is 5.56 Å².